The number of likely N-dealkylation sites (tertiary alicyclic amines) is 1. The molecule has 0 bridgehead atoms. The van der Waals surface area contributed by atoms with Crippen molar-refractivity contribution < 1.29 is 9.90 Å². The number of hydrogen-bond acceptors (Lipinski definition) is 3. The molecule has 4 nitrogen and oxygen atoms in total. The summed E-state index contributed by atoms with van der Waals surface area (Å²) in [6, 6.07) is 0. The number of carbonyl (C=O) groups excluding carboxylic acids is 1. The third kappa shape index (κ3) is 2.77. The zero-order chi connectivity index (χ0) is 13.1. The molecular weight excluding hydrogens is 236 g/mol. The number of thiocarbonyl (C=S) groups is 1. The first-order valence-electron chi connectivity index (χ1n) is 6.25. The Labute approximate surface area is 108 Å². The van der Waals surface area contributed by atoms with Crippen molar-refractivity contribution in [2.24, 2.45) is 11.1 Å². The van der Waals surface area contributed by atoms with E-state index in [2.05, 4.69) is 0 Å². The number of β-amino-alcohol motifs (C(OH)–C–C–N with tert-alkyl or cyclic N) is 1. The first kappa shape index (κ1) is 14.4. The van der Waals surface area contributed by atoms with E-state index in [1.54, 1.807) is 4.90 Å². The molecule has 1 atom stereocenters. The molecule has 1 amide bonds. The van der Waals surface area contributed by atoms with Crippen LogP contribution in [0.1, 0.15) is 39.5 Å². The van der Waals surface area contributed by atoms with E-state index in [0.29, 0.717) is 25.9 Å². The van der Waals surface area contributed by atoms with Crippen molar-refractivity contribution in [3.05, 3.63) is 0 Å². The lowest BCUT2D eigenvalue weighted by Gasteiger charge is -2.38. The lowest BCUT2D eigenvalue weighted by Crippen LogP contribution is -2.53. The van der Waals surface area contributed by atoms with Gasteiger partial charge < -0.3 is 15.7 Å². The quantitative estimate of drug-likeness (QED) is 0.740. The number of nitrogens with two attached hydrogens (primary N) is 1. The molecule has 0 saturated carbocycles. The number of piperidine rings is 1. The number of aliphatic hydroxyl groups excluding tert-OH is 1. The second-order valence-electron chi connectivity index (χ2n) is 4.70. The summed E-state index contributed by atoms with van der Waals surface area (Å²) in [6.45, 7) is 4.96. The first-order valence-corrected chi connectivity index (χ1v) is 6.66. The van der Waals surface area contributed by atoms with Gasteiger partial charge in [0.25, 0.3) is 0 Å². The summed E-state index contributed by atoms with van der Waals surface area (Å²) in [6.07, 6.45) is 2.43. The summed E-state index contributed by atoms with van der Waals surface area (Å²) in [5, 5.41) is 9.62. The molecule has 3 N–H and O–H groups in total. The zero-order valence-corrected chi connectivity index (χ0v) is 11.4. The fourth-order valence-corrected chi connectivity index (χ4v) is 2.82. The van der Waals surface area contributed by atoms with Gasteiger partial charge in [-0.2, -0.15) is 0 Å². The van der Waals surface area contributed by atoms with Gasteiger partial charge in [-0.15, -0.1) is 0 Å². The van der Waals surface area contributed by atoms with Crippen LogP contribution in [0.5, 0.6) is 0 Å². The standard InChI is InChI=1S/C12H22N2O2S/c1-3-12(4-2,10(13)17)11(16)14-7-5-6-9(15)8-14/h9,15H,3-8H2,1-2H3,(H2,13,17). The molecule has 0 aliphatic carbocycles. The lowest BCUT2D eigenvalue weighted by atomic mass is 9.80. The number of rotatable bonds is 4. The van der Waals surface area contributed by atoms with E-state index < -0.39 is 11.5 Å². The number of hydrogen-bond donors (Lipinski definition) is 2. The van der Waals surface area contributed by atoms with Crippen molar-refractivity contribution in [3.8, 4) is 0 Å². The summed E-state index contributed by atoms with van der Waals surface area (Å²) in [5.41, 5.74) is 5.03. The molecule has 1 unspecified atom stereocenters. The summed E-state index contributed by atoms with van der Waals surface area (Å²) in [4.78, 5) is 14.5. The average molecular weight is 258 g/mol. The molecule has 1 saturated heterocycles. The van der Waals surface area contributed by atoms with E-state index >= 15 is 0 Å². The molecule has 98 valence electrons. The van der Waals surface area contributed by atoms with Crippen molar-refractivity contribution >= 4 is 23.1 Å². The first-order chi connectivity index (χ1) is 7.97. The average Bonchev–Trinajstić information content (AvgIpc) is 2.30. The zero-order valence-electron chi connectivity index (χ0n) is 10.6. The van der Waals surface area contributed by atoms with Crippen molar-refractivity contribution in [1.82, 2.24) is 4.90 Å². The largest absolute Gasteiger partial charge is 0.392 e. The van der Waals surface area contributed by atoms with Crippen LogP contribution in [0, 0.1) is 5.41 Å². The van der Waals surface area contributed by atoms with Crippen LogP contribution < -0.4 is 5.73 Å². The molecule has 17 heavy (non-hydrogen) atoms. The smallest absolute Gasteiger partial charge is 0.235 e. The summed E-state index contributed by atoms with van der Waals surface area (Å²) >= 11 is 5.07. The maximum atomic E-state index is 12.5. The summed E-state index contributed by atoms with van der Waals surface area (Å²) < 4.78 is 0. The Kier molecular flexibility index (Phi) is 4.89. The number of aliphatic hydroxyl groups is 1. The highest BCUT2D eigenvalue weighted by atomic mass is 32.1. The molecule has 1 heterocycles. The van der Waals surface area contributed by atoms with Crippen molar-refractivity contribution in [1.29, 1.82) is 0 Å². The van der Waals surface area contributed by atoms with Gasteiger partial charge in [-0.05, 0) is 25.7 Å². The monoisotopic (exact) mass is 258 g/mol. The molecular formula is C12H22N2O2S. The summed E-state index contributed by atoms with van der Waals surface area (Å²) in [5.74, 6) is -0.0197. The second kappa shape index (κ2) is 5.78. The van der Waals surface area contributed by atoms with Crippen molar-refractivity contribution in [2.75, 3.05) is 13.1 Å². The topological polar surface area (TPSA) is 66.6 Å². The fourth-order valence-electron chi connectivity index (χ4n) is 2.45. The van der Waals surface area contributed by atoms with Crippen LogP contribution in [0.3, 0.4) is 0 Å². The van der Waals surface area contributed by atoms with Gasteiger partial charge in [-0.3, -0.25) is 4.79 Å². The minimum Gasteiger partial charge on any atom is -0.392 e. The van der Waals surface area contributed by atoms with Gasteiger partial charge in [0.15, 0.2) is 0 Å². The van der Waals surface area contributed by atoms with Crippen LogP contribution in [-0.4, -0.2) is 40.1 Å². The Morgan fingerprint density at radius 2 is 2.12 bits per heavy atom. The van der Waals surface area contributed by atoms with E-state index in [1.807, 2.05) is 13.8 Å². The predicted molar refractivity (Wildman–Crippen MR) is 71.6 cm³/mol. The molecule has 1 aliphatic heterocycles. The molecule has 0 aromatic heterocycles. The predicted octanol–water partition coefficient (Wildman–Crippen LogP) is 1.06. The molecule has 0 radical (unpaired) electrons. The highest BCUT2D eigenvalue weighted by molar-refractivity contribution is 7.80. The third-order valence-corrected chi connectivity index (χ3v) is 4.16. The Morgan fingerprint density at radius 1 is 1.53 bits per heavy atom. The van der Waals surface area contributed by atoms with Crippen LogP contribution in [0.4, 0.5) is 0 Å². The van der Waals surface area contributed by atoms with Crippen molar-refractivity contribution in [2.45, 2.75) is 45.6 Å². The Hall–Kier alpha value is -0.680. The molecule has 1 aliphatic rings. The van der Waals surface area contributed by atoms with Crippen molar-refractivity contribution in [3.63, 3.8) is 0 Å². The highest BCUT2D eigenvalue weighted by Gasteiger charge is 2.41. The molecule has 0 aromatic carbocycles. The molecule has 5 heteroatoms. The highest BCUT2D eigenvalue weighted by Crippen LogP contribution is 2.30. The number of nitrogens with zero attached hydrogens (tertiary/aromatic N) is 1. The maximum Gasteiger partial charge on any atom is 0.235 e. The van der Waals surface area contributed by atoms with Gasteiger partial charge in [0.05, 0.1) is 16.5 Å². The minimum absolute atomic E-state index is 0.0197. The normalized spacial score (nSPS) is 21.4. The van der Waals surface area contributed by atoms with E-state index in [4.69, 9.17) is 18.0 Å². The van der Waals surface area contributed by atoms with Crippen LogP contribution in [0.15, 0.2) is 0 Å². The number of amides is 1. The van der Waals surface area contributed by atoms with E-state index in [0.717, 1.165) is 12.8 Å². The van der Waals surface area contributed by atoms with Gasteiger partial charge >= 0.3 is 0 Å². The van der Waals surface area contributed by atoms with Gasteiger partial charge in [0, 0.05) is 13.1 Å². The van der Waals surface area contributed by atoms with Gasteiger partial charge in [-0.25, -0.2) is 0 Å². The SMILES string of the molecule is CCC(CC)(C(=O)N1CCCC(O)C1)C(N)=S. The van der Waals surface area contributed by atoms with Gasteiger partial charge in [0.2, 0.25) is 5.91 Å². The Morgan fingerprint density at radius 3 is 2.53 bits per heavy atom. The van der Waals surface area contributed by atoms with Crippen LogP contribution in [0.25, 0.3) is 0 Å². The molecule has 0 spiro atoms. The molecule has 1 fully saturated rings. The summed E-state index contributed by atoms with van der Waals surface area (Å²) in [7, 11) is 0. The van der Waals surface area contributed by atoms with E-state index in [-0.39, 0.29) is 10.9 Å². The Balaban J connectivity index is 2.88. The molecule has 0 aromatic rings. The fraction of sp³-hybridized carbons (Fsp3) is 0.833. The van der Waals surface area contributed by atoms with E-state index in [1.165, 1.54) is 0 Å². The number of carbonyl (C=O) groups is 1. The maximum absolute atomic E-state index is 12.5. The van der Waals surface area contributed by atoms with Gasteiger partial charge in [0.1, 0.15) is 0 Å². The van der Waals surface area contributed by atoms with Gasteiger partial charge in [-0.1, -0.05) is 26.1 Å². The van der Waals surface area contributed by atoms with E-state index in [9.17, 15) is 9.90 Å². The lowest BCUT2D eigenvalue weighted by molar-refractivity contribution is -0.141. The Bertz CT molecular complexity index is 303. The minimum atomic E-state index is -0.730. The van der Waals surface area contributed by atoms with Crippen LogP contribution >= 0.6 is 12.2 Å². The third-order valence-electron chi connectivity index (χ3n) is 3.77. The van der Waals surface area contributed by atoms with Crippen LogP contribution in [0.2, 0.25) is 0 Å². The van der Waals surface area contributed by atoms with Crippen LogP contribution in [-0.2, 0) is 4.79 Å². The molecule has 1 rings (SSSR count). The second-order valence-corrected chi connectivity index (χ2v) is 5.14.